The number of sulfonamides is 1. The standard InChI is InChI=1S/C14H25N3O4S/c1-15(2)13(18)11-6-4-8-16(10-11)14(19)12-7-5-9-17(12)22(3,20)21/h11-12H,4-10H2,1-3H3/t11-,12+/m1/s1. The first-order valence-electron chi connectivity index (χ1n) is 7.68. The van der Waals surface area contributed by atoms with E-state index in [1.165, 1.54) is 4.31 Å². The van der Waals surface area contributed by atoms with Gasteiger partial charge in [0.2, 0.25) is 21.8 Å². The Bertz CT molecular complexity index is 546. The predicted molar refractivity (Wildman–Crippen MR) is 82.6 cm³/mol. The summed E-state index contributed by atoms with van der Waals surface area (Å²) in [5.74, 6) is -0.302. The minimum absolute atomic E-state index is 0.0314. The lowest BCUT2D eigenvalue weighted by molar-refractivity contribution is -0.141. The van der Waals surface area contributed by atoms with Gasteiger partial charge in [0.15, 0.2) is 0 Å². The Kier molecular flexibility index (Phi) is 5.11. The van der Waals surface area contributed by atoms with Crippen molar-refractivity contribution in [1.82, 2.24) is 14.1 Å². The Hall–Kier alpha value is -1.15. The van der Waals surface area contributed by atoms with Crippen molar-refractivity contribution in [1.29, 1.82) is 0 Å². The van der Waals surface area contributed by atoms with Crippen molar-refractivity contribution in [2.45, 2.75) is 31.7 Å². The van der Waals surface area contributed by atoms with Crippen LogP contribution in [0.4, 0.5) is 0 Å². The van der Waals surface area contributed by atoms with E-state index in [1.54, 1.807) is 23.9 Å². The summed E-state index contributed by atoms with van der Waals surface area (Å²) in [6.45, 7) is 1.40. The number of rotatable bonds is 3. The maximum Gasteiger partial charge on any atom is 0.241 e. The summed E-state index contributed by atoms with van der Waals surface area (Å²) in [4.78, 5) is 28.0. The van der Waals surface area contributed by atoms with E-state index in [0.29, 0.717) is 32.5 Å². The molecule has 0 aromatic carbocycles. The maximum absolute atomic E-state index is 12.7. The fourth-order valence-electron chi connectivity index (χ4n) is 3.34. The zero-order valence-electron chi connectivity index (χ0n) is 13.5. The molecule has 126 valence electrons. The summed E-state index contributed by atoms with van der Waals surface area (Å²) >= 11 is 0. The van der Waals surface area contributed by atoms with Gasteiger partial charge < -0.3 is 9.80 Å². The SMILES string of the molecule is CN(C)C(=O)[C@@H]1CCCN(C(=O)[C@@H]2CCCN2S(C)(=O)=O)C1. The summed E-state index contributed by atoms with van der Waals surface area (Å²) in [5.41, 5.74) is 0. The topological polar surface area (TPSA) is 78.0 Å². The number of nitrogens with zero attached hydrogens (tertiary/aromatic N) is 3. The van der Waals surface area contributed by atoms with Crippen LogP contribution in [0.1, 0.15) is 25.7 Å². The van der Waals surface area contributed by atoms with Crippen LogP contribution in [0.15, 0.2) is 0 Å². The van der Waals surface area contributed by atoms with Gasteiger partial charge in [-0.15, -0.1) is 0 Å². The highest BCUT2D eigenvalue weighted by molar-refractivity contribution is 7.88. The number of carbonyl (C=O) groups is 2. The number of likely N-dealkylation sites (tertiary alicyclic amines) is 1. The molecule has 0 bridgehead atoms. The predicted octanol–water partition coefficient (Wildman–Crippen LogP) is -0.263. The van der Waals surface area contributed by atoms with Gasteiger partial charge in [0.05, 0.1) is 12.2 Å². The van der Waals surface area contributed by atoms with E-state index in [1.807, 2.05) is 0 Å². The number of hydrogen-bond acceptors (Lipinski definition) is 4. The summed E-state index contributed by atoms with van der Waals surface area (Å²) in [5, 5.41) is 0. The summed E-state index contributed by atoms with van der Waals surface area (Å²) in [6.07, 6.45) is 3.97. The number of amides is 2. The Morgan fingerprint density at radius 1 is 1.09 bits per heavy atom. The molecule has 2 fully saturated rings. The molecule has 2 aliphatic rings. The van der Waals surface area contributed by atoms with Gasteiger partial charge in [-0.2, -0.15) is 4.31 Å². The molecule has 0 spiro atoms. The third-order valence-electron chi connectivity index (χ3n) is 4.44. The first-order valence-corrected chi connectivity index (χ1v) is 9.53. The molecule has 0 unspecified atom stereocenters. The maximum atomic E-state index is 12.7. The Labute approximate surface area is 132 Å². The monoisotopic (exact) mass is 331 g/mol. The smallest absolute Gasteiger partial charge is 0.241 e. The van der Waals surface area contributed by atoms with Crippen molar-refractivity contribution in [2.24, 2.45) is 5.92 Å². The van der Waals surface area contributed by atoms with Gasteiger partial charge in [-0.1, -0.05) is 0 Å². The Balaban J connectivity index is 2.07. The molecule has 0 aromatic heterocycles. The van der Waals surface area contributed by atoms with Crippen LogP contribution in [0.25, 0.3) is 0 Å². The molecular weight excluding hydrogens is 306 g/mol. The van der Waals surface area contributed by atoms with Crippen LogP contribution >= 0.6 is 0 Å². The number of carbonyl (C=O) groups excluding carboxylic acids is 2. The van der Waals surface area contributed by atoms with Crippen molar-refractivity contribution in [3.63, 3.8) is 0 Å². The van der Waals surface area contributed by atoms with Gasteiger partial charge in [-0.25, -0.2) is 8.42 Å². The number of piperidine rings is 1. The molecule has 2 heterocycles. The summed E-state index contributed by atoms with van der Waals surface area (Å²) in [6, 6.07) is -0.594. The van der Waals surface area contributed by atoms with Crippen LogP contribution in [0.3, 0.4) is 0 Å². The van der Waals surface area contributed by atoms with E-state index in [0.717, 1.165) is 19.1 Å². The highest BCUT2D eigenvalue weighted by Crippen LogP contribution is 2.25. The molecule has 7 nitrogen and oxygen atoms in total. The second kappa shape index (κ2) is 6.54. The lowest BCUT2D eigenvalue weighted by Gasteiger charge is -2.35. The minimum Gasteiger partial charge on any atom is -0.349 e. The van der Waals surface area contributed by atoms with Gasteiger partial charge >= 0.3 is 0 Å². The minimum atomic E-state index is -3.37. The highest BCUT2D eigenvalue weighted by Gasteiger charge is 2.40. The first kappa shape index (κ1) is 17.2. The molecule has 2 atom stereocenters. The Morgan fingerprint density at radius 2 is 1.73 bits per heavy atom. The quantitative estimate of drug-likeness (QED) is 0.714. The van der Waals surface area contributed by atoms with E-state index >= 15 is 0 Å². The fraction of sp³-hybridized carbons (Fsp3) is 0.857. The average Bonchev–Trinajstić information content (AvgIpc) is 2.95. The van der Waals surface area contributed by atoms with Crippen molar-refractivity contribution in [3.8, 4) is 0 Å². The van der Waals surface area contributed by atoms with Crippen LogP contribution < -0.4 is 0 Å². The van der Waals surface area contributed by atoms with Crippen LogP contribution in [-0.4, -0.2) is 80.4 Å². The molecular formula is C14H25N3O4S. The van der Waals surface area contributed by atoms with Crippen molar-refractivity contribution in [3.05, 3.63) is 0 Å². The molecule has 0 N–H and O–H groups in total. The molecule has 22 heavy (non-hydrogen) atoms. The van der Waals surface area contributed by atoms with E-state index in [9.17, 15) is 18.0 Å². The van der Waals surface area contributed by atoms with Crippen molar-refractivity contribution < 1.29 is 18.0 Å². The van der Waals surface area contributed by atoms with Crippen LogP contribution in [-0.2, 0) is 19.6 Å². The normalized spacial score (nSPS) is 27.0. The van der Waals surface area contributed by atoms with Gasteiger partial charge in [0.25, 0.3) is 0 Å². The third kappa shape index (κ3) is 3.60. The molecule has 2 rings (SSSR count). The highest BCUT2D eigenvalue weighted by atomic mass is 32.2. The molecule has 0 aliphatic carbocycles. The van der Waals surface area contributed by atoms with Gasteiger partial charge in [0.1, 0.15) is 6.04 Å². The lowest BCUT2D eigenvalue weighted by atomic mass is 9.96. The van der Waals surface area contributed by atoms with Gasteiger partial charge in [0, 0.05) is 33.7 Å². The Morgan fingerprint density at radius 3 is 2.32 bits per heavy atom. The van der Waals surface area contributed by atoms with Gasteiger partial charge in [-0.3, -0.25) is 9.59 Å². The molecule has 2 aliphatic heterocycles. The zero-order chi connectivity index (χ0) is 16.5. The van der Waals surface area contributed by atoms with E-state index < -0.39 is 16.1 Å². The summed E-state index contributed by atoms with van der Waals surface area (Å²) in [7, 11) is 0.0595. The molecule has 0 saturated carbocycles. The molecule has 0 radical (unpaired) electrons. The zero-order valence-corrected chi connectivity index (χ0v) is 14.3. The molecule has 2 amide bonds. The van der Waals surface area contributed by atoms with Crippen LogP contribution in [0.5, 0.6) is 0 Å². The third-order valence-corrected chi connectivity index (χ3v) is 5.73. The van der Waals surface area contributed by atoms with Gasteiger partial charge in [-0.05, 0) is 25.7 Å². The first-order chi connectivity index (χ1) is 10.2. The fourth-order valence-corrected chi connectivity index (χ4v) is 4.46. The van der Waals surface area contributed by atoms with E-state index in [2.05, 4.69) is 0 Å². The molecule has 2 saturated heterocycles. The second-order valence-electron chi connectivity index (χ2n) is 6.39. The largest absolute Gasteiger partial charge is 0.349 e. The average molecular weight is 331 g/mol. The van der Waals surface area contributed by atoms with E-state index in [4.69, 9.17) is 0 Å². The second-order valence-corrected chi connectivity index (χ2v) is 8.32. The molecule has 0 aromatic rings. The van der Waals surface area contributed by atoms with Crippen molar-refractivity contribution >= 4 is 21.8 Å². The van der Waals surface area contributed by atoms with Crippen LogP contribution in [0.2, 0.25) is 0 Å². The van der Waals surface area contributed by atoms with Crippen molar-refractivity contribution in [2.75, 3.05) is 40.0 Å². The lowest BCUT2D eigenvalue weighted by Crippen LogP contribution is -2.52. The van der Waals surface area contributed by atoms with E-state index in [-0.39, 0.29) is 17.7 Å². The van der Waals surface area contributed by atoms with Crippen LogP contribution in [0, 0.1) is 5.92 Å². The number of hydrogen-bond donors (Lipinski definition) is 0. The molecule has 8 heteroatoms. The summed E-state index contributed by atoms with van der Waals surface area (Å²) < 4.78 is 24.9.